The molecule has 4 bridgehead atoms. The van der Waals surface area contributed by atoms with E-state index in [1.54, 1.807) is 6.07 Å². The number of urea groups is 1. The van der Waals surface area contributed by atoms with Crippen LogP contribution in [0, 0.1) is 40.2 Å². The summed E-state index contributed by atoms with van der Waals surface area (Å²) in [6, 6.07) is 8.71. The van der Waals surface area contributed by atoms with Crippen LogP contribution in [0.25, 0.3) is 0 Å². The lowest BCUT2D eigenvalue weighted by Gasteiger charge is -2.60. The van der Waals surface area contributed by atoms with Crippen molar-refractivity contribution < 1.29 is 28.6 Å². The van der Waals surface area contributed by atoms with Crippen molar-refractivity contribution in [1.82, 2.24) is 10.2 Å². The molecule has 0 saturated heterocycles. The Bertz CT molecular complexity index is 1670. The van der Waals surface area contributed by atoms with E-state index in [-0.39, 0.29) is 35.5 Å². The molecule has 4 saturated carbocycles. The molecule has 8 rings (SSSR count). The molecule has 6 aliphatic carbocycles. The van der Waals surface area contributed by atoms with E-state index in [1.807, 2.05) is 30.9 Å². The van der Waals surface area contributed by atoms with Gasteiger partial charge in [-0.3, -0.25) is 4.79 Å². The number of nitrogens with one attached hydrogen (secondary N) is 1. The van der Waals surface area contributed by atoms with Gasteiger partial charge in [0.05, 0.1) is 18.2 Å². The number of nitrogens with zero attached hydrogens (tertiary/aromatic N) is 1. The Morgan fingerprint density at radius 1 is 1.00 bits per heavy atom. The first-order valence-corrected chi connectivity index (χ1v) is 19.3. The number of hydrogen-bond donors (Lipinski definition) is 3. The summed E-state index contributed by atoms with van der Waals surface area (Å²) in [5.41, 5.74) is 1.44. The minimum atomic E-state index is -1.26. The number of allylic oxidation sites excluding steroid dienone is 2. The van der Waals surface area contributed by atoms with Crippen LogP contribution < -0.4 is 5.32 Å². The average Bonchev–Trinajstić information content (AvgIpc) is 3.32. The number of amides is 2. The number of carbonyl (C=O) groups excluding carboxylic acids is 2. The predicted molar refractivity (Wildman–Crippen MR) is 197 cm³/mol. The van der Waals surface area contributed by atoms with Gasteiger partial charge in [0.25, 0.3) is 0 Å². The molecule has 2 aromatic carbocycles. The number of fused-ring (bicyclic) bond motifs is 10. The van der Waals surface area contributed by atoms with Crippen molar-refractivity contribution in [2.75, 3.05) is 13.1 Å². The highest BCUT2D eigenvalue weighted by Crippen LogP contribution is 2.62. The molecule has 0 aliphatic heterocycles. The molecule has 8 heteroatoms. The monoisotopic (exact) mass is 704 g/mol. The maximum absolute atomic E-state index is 14.4. The van der Waals surface area contributed by atoms with Crippen molar-refractivity contribution in [2.24, 2.45) is 28.6 Å². The first-order chi connectivity index (χ1) is 24.0. The van der Waals surface area contributed by atoms with Gasteiger partial charge in [0.2, 0.25) is 0 Å². The Labute approximate surface area is 303 Å². The number of halogens is 2. The lowest BCUT2D eigenvalue weighted by atomic mass is 9.45. The number of hydrogen-bond acceptors (Lipinski definition) is 4. The largest absolute Gasteiger partial charge is 0.393 e. The number of carbonyl (C=O) groups is 2. The zero-order valence-corrected chi connectivity index (χ0v) is 31.4. The second-order valence-electron chi connectivity index (χ2n) is 17.6. The van der Waals surface area contributed by atoms with Crippen LogP contribution in [0.2, 0.25) is 0 Å². The van der Waals surface area contributed by atoms with Crippen LogP contribution in [0.4, 0.5) is 13.6 Å². The fourth-order valence-electron chi connectivity index (χ4n) is 10.3. The Hall–Kier alpha value is -3.10. The third-order valence-electron chi connectivity index (χ3n) is 13.7. The maximum Gasteiger partial charge on any atom is 0.317 e. The van der Waals surface area contributed by atoms with Crippen LogP contribution >= 0.6 is 0 Å². The highest BCUT2D eigenvalue weighted by atomic mass is 19.2. The van der Waals surface area contributed by atoms with E-state index in [1.165, 1.54) is 24.5 Å². The number of ketones is 1. The van der Waals surface area contributed by atoms with Crippen molar-refractivity contribution in [3.63, 3.8) is 0 Å². The smallest absolute Gasteiger partial charge is 0.317 e. The normalized spacial score (nSPS) is 31.7. The fraction of sp³-hybridized carbons (Fsp3) is 0.628. The summed E-state index contributed by atoms with van der Waals surface area (Å²) in [6.45, 7) is 13.6. The van der Waals surface area contributed by atoms with E-state index in [0.29, 0.717) is 62.5 Å². The van der Waals surface area contributed by atoms with Crippen molar-refractivity contribution in [3.05, 3.63) is 81.9 Å². The molecule has 2 amide bonds. The summed E-state index contributed by atoms with van der Waals surface area (Å²) in [7, 11) is 0. The molecule has 0 heterocycles. The molecule has 278 valence electrons. The quantitative estimate of drug-likeness (QED) is 0.199. The Morgan fingerprint density at radius 2 is 1.76 bits per heavy atom. The van der Waals surface area contributed by atoms with Crippen LogP contribution in [0.15, 0.2) is 48.0 Å². The van der Waals surface area contributed by atoms with Crippen LogP contribution in [0.3, 0.4) is 0 Å². The molecule has 7 atom stereocenters. The highest BCUT2D eigenvalue weighted by molar-refractivity contribution is 6.10. The molecule has 51 heavy (non-hydrogen) atoms. The summed E-state index contributed by atoms with van der Waals surface area (Å²) < 4.78 is 28.4. The van der Waals surface area contributed by atoms with Gasteiger partial charge in [-0.25, -0.2) is 13.6 Å². The minimum Gasteiger partial charge on any atom is -0.393 e. The van der Waals surface area contributed by atoms with Crippen molar-refractivity contribution in [3.8, 4) is 0 Å². The molecule has 0 spiro atoms. The third kappa shape index (κ3) is 7.29. The highest BCUT2D eigenvalue weighted by Gasteiger charge is 2.59. The maximum atomic E-state index is 14.4. The van der Waals surface area contributed by atoms with Gasteiger partial charge in [-0.2, -0.15) is 0 Å². The Morgan fingerprint density at radius 3 is 2.45 bits per heavy atom. The topological polar surface area (TPSA) is 89.9 Å². The van der Waals surface area contributed by atoms with Crippen LogP contribution in [0.5, 0.6) is 0 Å². The van der Waals surface area contributed by atoms with Gasteiger partial charge in [-0.15, -0.1) is 0 Å². The second-order valence-corrected chi connectivity index (χ2v) is 17.6. The molecule has 0 aromatic heterocycles. The number of benzene rings is 2. The zero-order chi connectivity index (χ0) is 36.9. The van der Waals surface area contributed by atoms with E-state index < -0.39 is 34.5 Å². The van der Waals surface area contributed by atoms with Gasteiger partial charge in [-0.05, 0) is 149 Å². The van der Waals surface area contributed by atoms with Crippen molar-refractivity contribution in [2.45, 2.75) is 129 Å². The first-order valence-electron chi connectivity index (χ1n) is 19.3. The van der Waals surface area contributed by atoms with Gasteiger partial charge < -0.3 is 20.4 Å². The first kappa shape index (κ1) is 37.7. The zero-order valence-electron chi connectivity index (χ0n) is 31.4. The molecule has 2 aromatic rings. The Kier molecular flexibility index (Phi) is 10.6. The van der Waals surface area contributed by atoms with E-state index >= 15 is 0 Å². The van der Waals surface area contributed by atoms with Gasteiger partial charge in [-0.1, -0.05) is 44.6 Å². The summed E-state index contributed by atoms with van der Waals surface area (Å²) in [5, 5.41) is 27.1. The average molecular weight is 705 g/mol. The summed E-state index contributed by atoms with van der Waals surface area (Å²) in [4.78, 5) is 30.1. The predicted octanol–water partition coefficient (Wildman–Crippen LogP) is 8.73. The van der Waals surface area contributed by atoms with Crippen LogP contribution in [0.1, 0.15) is 132 Å². The summed E-state index contributed by atoms with van der Waals surface area (Å²) in [6.07, 6.45) is 9.08. The Balaban J connectivity index is 1.40. The number of rotatable bonds is 7. The van der Waals surface area contributed by atoms with Gasteiger partial charge in [0.1, 0.15) is 0 Å². The van der Waals surface area contributed by atoms with Crippen molar-refractivity contribution in [1.29, 1.82) is 0 Å². The molecule has 6 nitrogen and oxygen atoms in total. The molecule has 0 unspecified atom stereocenters. The van der Waals surface area contributed by atoms with Gasteiger partial charge >= 0.3 is 6.03 Å². The van der Waals surface area contributed by atoms with E-state index in [4.69, 9.17) is 0 Å². The van der Waals surface area contributed by atoms with Gasteiger partial charge in [0.15, 0.2) is 17.4 Å². The molecule has 3 N–H and O–H groups in total. The molecule has 4 fully saturated rings. The van der Waals surface area contributed by atoms with E-state index in [9.17, 15) is 28.6 Å². The van der Waals surface area contributed by atoms with Crippen LogP contribution in [-0.2, 0) is 6.42 Å². The number of aliphatic hydroxyl groups excluding tert-OH is 1. The molecular formula is C43H58F2N2O4. The molecule has 0 radical (unpaired) electrons. The van der Waals surface area contributed by atoms with E-state index in [2.05, 4.69) is 39.1 Å². The van der Waals surface area contributed by atoms with Crippen LogP contribution in [-0.4, -0.2) is 57.8 Å². The summed E-state index contributed by atoms with van der Waals surface area (Å²) >= 11 is 0. The van der Waals surface area contributed by atoms with Crippen molar-refractivity contribution >= 4 is 11.8 Å². The summed E-state index contributed by atoms with van der Waals surface area (Å²) in [5.74, 6) is -1.11. The standard InChI is InChI=1S/C43H58F2N2O4/c1-26(2)46-40(50)47(24-30-11-13-31-23-36(30)41(31,4)5)25-43(51)19-17-35-33-15-10-28(20-32(48)14-9-27(3)8-7-18-42(35,43)6)21-34(33)39(49)29-12-16-37(44)38(45)22-29/h8,10,12,15-16,21-22,26,30-32,35-36,48,51H,7,9,11,13-14,17-20,23-25H2,1-6H3,(H,46,50)/t30-,31-,32-,35-,36-,42-,43+/m0/s1. The third-order valence-corrected chi connectivity index (χ3v) is 13.7. The molecule has 6 aliphatic rings. The van der Waals surface area contributed by atoms with E-state index in [0.717, 1.165) is 42.0 Å². The molecular weight excluding hydrogens is 646 g/mol. The SMILES string of the molecule is CC1=CCC[C@@]2(C)[C@@H](CC[C@@]2(O)CN(C[C@@H]2CC[C@H]3C[C@@H]2C3(C)C)C(=O)NC(C)C)c2ccc(cc2C(=O)c2ccc(F)c(F)c2)C[C@@H](O)CC1. The lowest BCUT2D eigenvalue weighted by Crippen LogP contribution is -2.59. The minimum absolute atomic E-state index is 0.0488. The van der Waals surface area contributed by atoms with Gasteiger partial charge in [0, 0.05) is 29.1 Å². The second kappa shape index (κ2) is 14.4. The fourth-order valence-corrected chi connectivity index (χ4v) is 10.3. The number of aliphatic hydroxyl groups is 2. The lowest BCUT2D eigenvalue weighted by molar-refractivity contribution is -0.117.